The van der Waals surface area contributed by atoms with Gasteiger partial charge in [-0.25, -0.2) is 0 Å². The summed E-state index contributed by atoms with van der Waals surface area (Å²) in [4.78, 5) is 11.3. The zero-order valence-corrected chi connectivity index (χ0v) is 23.6. The average molecular weight is 517 g/mol. The summed E-state index contributed by atoms with van der Waals surface area (Å²) in [6, 6.07) is 0. The maximum absolute atomic E-state index is 11.3. The van der Waals surface area contributed by atoms with E-state index < -0.39 is 0 Å². The number of rotatable bonds is 3. The Morgan fingerprint density at radius 3 is 1.32 bits per heavy atom. The predicted octanol–water partition coefficient (Wildman–Crippen LogP) is 7.37. The third kappa shape index (κ3) is 7.26. The van der Waals surface area contributed by atoms with E-state index >= 15 is 0 Å². The van der Waals surface area contributed by atoms with Crippen molar-refractivity contribution in [2.75, 3.05) is 26.4 Å². The van der Waals surface area contributed by atoms with E-state index in [1.807, 2.05) is 0 Å². The van der Waals surface area contributed by atoms with E-state index in [-0.39, 0.29) is 11.6 Å². The van der Waals surface area contributed by atoms with E-state index in [9.17, 15) is 4.79 Å². The van der Waals surface area contributed by atoms with E-state index in [1.54, 1.807) is 5.57 Å². The van der Waals surface area contributed by atoms with Crippen LogP contribution in [0, 0.1) is 29.6 Å². The van der Waals surface area contributed by atoms with Crippen molar-refractivity contribution >= 4 is 5.78 Å². The standard InChI is InChI=1S/C18H30O2.C14H22O3/c1-14(2)13-15-3-5-16(6-4-15)17-7-9-18(10-8-17)19-11-12-20-18;15-13-3-1-11(2-4-13)12-5-7-14(8-6-12)16-9-10-17-14/h13-14,16-17H,3-12H2,1-2H3;11-12H,1-10H2. The molecule has 0 aromatic rings. The third-order valence-electron chi connectivity index (χ3n) is 10.4. The molecule has 5 heteroatoms. The van der Waals surface area contributed by atoms with Gasteiger partial charge in [0.05, 0.1) is 26.4 Å². The average Bonchev–Trinajstić information content (AvgIpc) is 3.56. The van der Waals surface area contributed by atoms with Crippen molar-refractivity contribution in [3.8, 4) is 0 Å². The van der Waals surface area contributed by atoms with Crippen LogP contribution in [0.3, 0.4) is 0 Å². The molecule has 0 radical (unpaired) electrons. The van der Waals surface area contributed by atoms with Crippen LogP contribution in [-0.4, -0.2) is 43.8 Å². The molecule has 37 heavy (non-hydrogen) atoms. The highest BCUT2D eigenvalue weighted by Gasteiger charge is 2.43. The first-order valence-electron chi connectivity index (χ1n) is 15.7. The van der Waals surface area contributed by atoms with Gasteiger partial charge in [-0.3, -0.25) is 4.79 Å². The number of hydrogen-bond acceptors (Lipinski definition) is 5. The molecule has 6 aliphatic rings. The first-order valence-corrected chi connectivity index (χ1v) is 15.7. The lowest BCUT2D eigenvalue weighted by atomic mass is 9.71. The molecule has 6 rings (SSSR count). The van der Waals surface area contributed by atoms with Crippen LogP contribution in [-0.2, 0) is 23.7 Å². The van der Waals surface area contributed by atoms with Crippen LogP contribution in [0.25, 0.3) is 0 Å². The number of allylic oxidation sites excluding steroid dienone is 2. The molecule has 6 fully saturated rings. The molecule has 2 heterocycles. The fourth-order valence-electron chi connectivity index (χ4n) is 8.23. The van der Waals surface area contributed by atoms with Crippen LogP contribution < -0.4 is 0 Å². The van der Waals surface area contributed by atoms with Crippen molar-refractivity contribution in [2.45, 2.75) is 128 Å². The van der Waals surface area contributed by atoms with Crippen LogP contribution in [0.15, 0.2) is 11.6 Å². The van der Waals surface area contributed by atoms with E-state index in [4.69, 9.17) is 18.9 Å². The highest BCUT2D eigenvalue weighted by Crippen LogP contribution is 2.46. The van der Waals surface area contributed by atoms with Crippen molar-refractivity contribution in [1.29, 1.82) is 0 Å². The van der Waals surface area contributed by atoms with Crippen molar-refractivity contribution in [1.82, 2.24) is 0 Å². The Kier molecular flexibility index (Phi) is 9.48. The van der Waals surface area contributed by atoms with Crippen LogP contribution in [0.2, 0.25) is 0 Å². The second kappa shape index (κ2) is 12.6. The Balaban J connectivity index is 0.000000153. The van der Waals surface area contributed by atoms with Gasteiger partial charge in [-0.1, -0.05) is 25.5 Å². The number of carbonyl (C=O) groups excluding carboxylic acids is 1. The van der Waals surface area contributed by atoms with Crippen molar-refractivity contribution in [3.05, 3.63) is 11.6 Å². The van der Waals surface area contributed by atoms with Crippen molar-refractivity contribution in [3.63, 3.8) is 0 Å². The van der Waals surface area contributed by atoms with Crippen LogP contribution in [0.4, 0.5) is 0 Å². The molecule has 0 amide bonds. The number of ketones is 1. The molecule has 2 spiro atoms. The minimum Gasteiger partial charge on any atom is -0.348 e. The lowest BCUT2D eigenvalue weighted by Gasteiger charge is -2.40. The van der Waals surface area contributed by atoms with Crippen molar-refractivity contribution < 1.29 is 23.7 Å². The maximum Gasteiger partial charge on any atom is 0.168 e. The summed E-state index contributed by atoms with van der Waals surface area (Å²) in [6.45, 7) is 7.72. The summed E-state index contributed by atoms with van der Waals surface area (Å²) >= 11 is 0. The molecule has 0 bridgehead atoms. The topological polar surface area (TPSA) is 54.0 Å². The van der Waals surface area contributed by atoms with Gasteiger partial charge < -0.3 is 18.9 Å². The van der Waals surface area contributed by atoms with E-state index in [0.717, 1.165) is 101 Å². The first kappa shape index (κ1) is 27.8. The Bertz CT molecular complexity index is 736. The molecule has 4 aliphatic carbocycles. The summed E-state index contributed by atoms with van der Waals surface area (Å²) in [7, 11) is 0. The van der Waals surface area contributed by atoms with Gasteiger partial charge in [-0.15, -0.1) is 0 Å². The largest absolute Gasteiger partial charge is 0.348 e. The van der Waals surface area contributed by atoms with E-state index in [0.29, 0.717) is 11.7 Å². The van der Waals surface area contributed by atoms with Gasteiger partial charge in [0.15, 0.2) is 11.6 Å². The number of hydrogen-bond donors (Lipinski definition) is 0. The molecular formula is C32H52O5. The lowest BCUT2D eigenvalue weighted by molar-refractivity contribution is -0.185. The molecule has 0 aromatic carbocycles. The summed E-state index contributed by atoms with van der Waals surface area (Å²) in [5, 5.41) is 0. The normalized spacial score (nSPS) is 32.6. The monoisotopic (exact) mass is 516 g/mol. The Labute approximate surface area is 225 Å². The third-order valence-corrected chi connectivity index (χ3v) is 10.4. The molecule has 0 N–H and O–H groups in total. The highest BCUT2D eigenvalue weighted by molar-refractivity contribution is 5.79. The Hall–Kier alpha value is -0.750. The predicted molar refractivity (Wildman–Crippen MR) is 145 cm³/mol. The van der Waals surface area contributed by atoms with Gasteiger partial charge in [0.1, 0.15) is 5.78 Å². The zero-order valence-electron chi connectivity index (χ0n) is 23.6. The smallest absolute Gasteiger partial charge is 0.168 e. The fourth-order valence-corrected chi connectivity index (χ4v) is 8.23. The molecule has 2 aliphatic heterocycles. The van der Waals surface area contributed by atoms with Crippen LogP contribution in [0.5, 0.6) is 0 Å². The van der Waals surface area contributed by atoms with Gasteiger partial charge in [-0.2, -0.15) is 0 Å². The number of carbonyl (C=O) groups is 1. The molecule has 2 saturated heterocycles. The van der Waals surface area contributed by atoms with Gasteiger partial charge in [0.2, 0.25) is 0 Å². The van der Waals surface area contributed by atoms with Gasteiger partial charge in [0, 0.05) is 38.5 Å². The SMILES string of the molecule is CC(C)C=C1CCC(C2CCC3(CC2)OCCO3)CC1.O=C1CCC(C2CCC3(CC2)OCCO3)CC1. The molecule has 0 atom stereocenters. The zero-order chi connectivity index (χ0) is 25.7. The van der Waals surface area contributed by atoms with E-state index in [1.165, 1.54) is 51.4 Å². The number of ether oxygens (including phenoxy) is 4. The number of Topliss-reactive ketones (excluding diaryl/α,β-unsaturated/α-hetero) is 1. The highest BCUT2D eigenvalue weighted by atomic mass is 16.7. The lowest BCUT2D eigenvalue weighted by Crippen LogP contribution is -2.37. The first-order chi connectivity index (χ1) is 17.9. The summed E-state index contributed by atoms with van der Waals surface area (Å²) in [6.07, 6.45) is 21.3. The van der Waals surface area contributed by atoms with Gasteiger partial charge in [0.25, 0.3) is 0 Å². The molecular weight excluding hydrogens is 464 g/mol. The second-order valence-corrected chi connectivity index (χ2v) is 13.2. The maximum atomic E-state index is 11.3. The van der Waals surface area contributed by atoms with Crippen molar-refractivity contribution in [2.24, 2.45) is 29.6 Å². The molecule has 0 unspecified atom stereocenters. The van der Waals surface area contributed by atoms with Gasteiger partial charge >= 0.3 is 0 Å². The minimum atomic E-state index is -0.221. The summed E-state index contributed by atoms with van der Waals surface area (Å²) < 4.78 is 23.2. The Morgan fingerprint density at radius 1 is 0.595 bits per heavy atom. The van der Waals surface area contributed by atoms with Crippen LogP contribution in [0.1, 0.15) is 117 Å². The molecule has 4 saturated carbocycles. The minimum absolute atomic E-state index is 0.173. The molecule has 5 nitrogen and oxygen atoms in total. The summed E-state index contributed by atoms with van der Waals surface area (Å²) in [5.74, 6) is 4.26. The fraction of sp³-hybridized carbons (Fsp3) is 0.906. The Morgan fingerprint density at radius 2 is 0.946 bits per heavy atom. The molecule has 0 aromatic heterocycles. The second-order valence-electron chi connectivity index (χ2n) is 13.2. The molecule has 210 valence electrons. The quantitative estimate of drug-likeness (QED) is 0.367. The summed E-state index contributed by atoms with van der Waals surface area (Å²) in [5.41, 5.74) is 1.71. The van der Waals surface area contributed by atoms with Gasteiger partial charge in [-0.05, 0) is 93.8 Å². The van der Waals surface area contributed by atoms with Crippen LogP contribution >= 0.6 is 0 Å². The van der Waals surface area contributed by atoms with E-state index in [2.05, 4.69) is 19.9 Å².